The first-order valence-electron chi connectivity index (χ1n) is 9.24. The number of H-pyrrole nitrogens is 1. The van der Waals surface area contributed by atoms with Crippen molar-refractivity contribution >= 4 is 11.6 Å². The van der Waals surface area contributed by atoms with Crippen LogP contribution in [0.15, 0.2) is 47.9 Å². The molecule has 4 rings (SSSR count). The van der Waals surface area contributed by atoms with Gasteiger partial charge in [0.25, 0.3) is 0 Å². The first-order chi connectivity index (χ1) is 15.0. The van der Waals surface area contributed by atoms with Crippen LogP contribution in [0.5, 0.6) is 23.1 Å². The van der Waals surface area contributed by atoms with E-state index in [1.165, 1.54) is 21.3 Å². The summed E-state index contributed by atoms with van der Waals surface area (Å²) < 4.78 is 22.2. The lowest BCUT2D eigenvalue weighted by molar-refractivity contribution is 0.346. The van der Waals surface area contributed by atoms with E-state index < -0.39 is 5.92 Å². The van der Waals surface area contributed by atoms with Gasteiger partial charge in [-0.05, 0) is 12.1 Å². The van der Waals surface area contributed by atoms with Crippen LogP contribution >= 0.6 is 11.6 Å². The molecule has 0 bridgehead atoms. The van der Waals surface area contributed by atoms with Gasteiger partial charge in [0.1, 0.15) is 17.4 Å². The first-order valence-corrected chi connectivity index (χ1v) is 9.62. The molecule has 2 heterocycles. The summed E-state index contributed by atoms with van der Waals surface area (Å²) in [4.78, 5) is 0. The number of halogens is 1. The van der Waals surface area contributed by atoms with Gasteiger partial charge in [0, 0.05) is 22.2 Å². The van der Waals surface area contributed by atoms with Crippen LogP contribution in [0.4, 0.5) is 0 Å². The Hall–Kier alpha value is -3.83. The Labute approximate surface area is 183 Å². The molecule has 1 aliphatic rings. The molecule has 31 heavy (non-hydrogen) atoms. The van der Waals surface area contributed by atoms with Crippen molar-refractivity contribution < 1.29 is 18.9 Å². The minimum absolute atomic E-state index is 0.0333. The molecular formula is C22H19ClN4O4. The Morgan fingerprint density at radius 3 is 2.42 bits per heavy atom. The van der Waals surface area contributed by atoms with Gasteiger partial charge in [-0.1, -0.05) is 29.8 Å². The molecule has 0 unspecified atom stereocenters. The molecule has 3 aromatic rings. The van der Waals surface area contributed by atoms with Crippen molar-refractivity contribution in [3.05, 3.63) is 64.0 Å². The van der Waals surface area contributed by atoms with E-state index >= 15 is 0 Å². The van der Waals surface area contributed by atoms with Crippen molar-refractivity contribution in [3.63, 3.8) is 0 Å². The summed E-state index contributed by atoms with van der Waals surface area (Å²) in [7, 11) is 4.61. The smallest absolute Gasteiger partial charge is 0.244 e. The molecule has 0 radical (unpaired) electrons. The number of hydrogen-bond acceptors (Lipinski definition) is 7. The van der Waals surface area contributed by atoms with Gasteiger partial charge in [-0.25, -0.2) is 0 Å². The number of nitrogens with two attached hydrogens (primary N) is 1. The molecule has 0 spiro atoms. The van der Waals surface area contributed by atoms with Crippen LogP contribution in [0.25, 0.3) is 11.3 Å². The fraction of sp³-hybridized carbons (Fsp3) is 0.182. The van der Waals surface area contributed by atoms with E-state index in [4.69, 9.17) is 36.3 Å². The Morgan fingerprint density at radius 1 is 1.10 bits per heavy atom. The zero-order valence-corrected chi connectivity index (χ0v) is 17.8. The molecule has 9 heteroatoms. The zero-order chi connectivity index (χ0) is 22.1. The highest BCUT2D eigenvalue weighted by molar-refractivity contribution is 6.33. The maximum absolute atomic E-state index is 9.94. The summed E-state index contributed by atoms with van der Waals surface area (Å²) in [6.07, 6.45) is 0. The van der Waals surface area contributed by atoms with Gasteiger partial charge in [0.05, 0.1) is 38.5 Å². The Kier molecular flexibility index (Phi) is 5.36. The normalized spacial score (nSPS) is 15.0. The Morgan fingerprint density at radius 2 is 1.77 bits per heavy atom. The van der Waals surface area contributed by atoms with Gasteiger partial charge < -0.3 is 24.7 Å². The summed E-state index contributed by atoms with van der Waals surface area (Å²) >= 11 is 6.45. The highest BCUT2D eigenvalue weighted by atomic mass is 35.5. The molecule has 1 aromatic heterocycles. The summed E-state index contributed by atoms with van der Waals surface area (Å²) in [5, 5.41) is 17.7. The van der Waals surface area contributed by atoms with Crippen molar-refractivity contribution in [1.82, 2.24) is 10.2 Å². The minimum atomic E-state index is -0.645. The fourth-order valence-electron chi connectivity index (χ4n) is 3.70. The molecule has 1 aliphatic heterocycles. The average molecular weight is 439 g/mol. The van der Waals surface area contributed by atoms with Gasteiger partial charge >= 0.3 is 0 Å². The van der Waals surface area contributed by atoms with E-state index in [2.05, 4.69) is 16.3 Å². The number of methoxy groups -OCH3 is 3. The van der Waals surface area contributed by atoms with E-state index in [0.29, 0.717) is 44.7 Å². The third-order valence-electron chi connectivity index (χ3n) is 5.13. The van der Waals surface area contributed by atoms with Gasteiger partial charge in [-0.3, -0.25) is 5.10 Å². The van der Waals surface area contributed by atoms with Crippen molar-refractivity contribution in [2.24, 2.45) is 5.73 Å². The van der Waals surface area contributed by atoms with Gasteiger partial charge in [0.15, 0.2) is 11.5 Å². The number of nitrogens with zero attached hydrogens (tertiary/aromatic N) is 2. The van der Waals surface area contributed by atoms with Crippen LogP contribution in [-0.2, 0) is 0 Å². The quantitative estimate of drug-likeness (QED) is 0.619. The lowest BCUT2D eigenvalue weighted by Gasteiger charge is -2.26. The second-order valence-electron chi connectivity index (χ2n) is 6.67. The molecule has 0 aliphatic carbocycles. The predicted molar refractivity (Wildman–Crippen MR) is 114 cm³/mol. The van der Waals surface area contributed by atoms with E-state index in [-0.39, 0.29) is 17.3 Å². The number of benzene rings is 2. The Bertz CT molecular complexity index is 1230. The molecule has 0 saturated heterocycles. The number of ether oxygens (including phenoxy) is 4. The zero-order valence-electron chi connectivity index (χ0n) is 17.0. The van der Waals surface area contributed by atoms with Crippen molar-refractivity contribution in [2.75, 3.05) is 21.3 Å². The average Bonchev–Trinajstić information content (AvgIpc) is 3.20. The second-order valence-corrected chi connectivity index (χ2v) is 7.08. The van der Waals surface area contributed by atoms with Crippen LogP contribution < -0.4 is 24.7 Å². The molecule has 0 fully saturated rings. The maximum Gasteiger partial charge on any atom is 0.244 e. The number of rotatable bonds is 5. The molecule has 3 N–H and O–H groups in total. The standard InChI is InChI=1S/C22H19ClN4O4/c1-28-15-9-17(30-3)16(29-2)8-12(15)18-13(10-24)21(25)31-22-19(18)20(26-27-22)11-6-4-5-7-14(11)23/h4-9,18H,25H2,1-3H3,(H,26,27)/t18-/m0/s1. The van der Waals surface area contributed by atoms with Gasteiger partial charge in [-0.2, -0.15) is 5.26 Å². The molecule has 1 atom stereocenters. The molecular weight excluding hydrogens is 420 g/mol. The topological polar surface area (TPSA) is 115 Å². The first kappa shape index (κ1) is 20.4. The molecule has 0 saturated carbocycles. The van der Waals surface area contributed by atoms with Crippen LogP contribution in [0.1, 0.15) is 17.0 Å². The summed E-state index contributed by atoms with van der Waals surface area (Å²) in [6, 6.07) is 12.9. The van der Waals surface area contributed by atoms with Gasteiger partial charge in [0.2, 0.25) is 11.8 Å². The molecule has 0 amide bonds. The molecule has 8 nitrogen and oxygen atoms in total. The van der Waals surface area contributed by atoms with Crippen LogP contribution in [-0.4, -0.2) is 31.5 Å². The Balaban J connectivity index is 2.03. The van der Waals surface area contributed by atoms with Crippen molar-refractivity contribution in [2.45, 2.75) is 5.92 Å². The van der Waals surface area contributed by atoms with Crippen LogP contribution in [0, 0.1) is 11.3 Å². The van der Waals surface area contributed by atoms with E-state index in [9.17, 15) is 5.26 Å². The fourth-order valence-corrected chi connectivity index (χ4v) is 3.93. The van der Waals surface area contributed by atoms with Crippen LogP contribution in [0.2, 0.25) is 5.02 Å². The lowest BCUT2D eigenvalue weighted by Crippen LogP contribution is -2.21. The number of nitriles is 1. The van der Waals surface area contributed by atoms with Crippen molar-refractivity contribution in [3.8, 4) is 40.5 Å². The molecule has 2 aromatic carbocycles. The molecule has 158 valence electrons. The third-order valence-corrected chi connectivity index (χ3v) is 5.46. The SMILES string of the molecule is COc1cc(OC)c([C@H]2C(C#N)=C(N)Oc3n[nH]c(-c4ccccc4Cl)c32)cc1OC. The number of nitrogens with one attached hydrogen (secondary N) is 1. The van der Waals surface area contributed by atoms with Gasteiger partial charge in [-0.15, -0.1) is 5.10 Å². The number of allylic oxidation sites excluding steroid dienone is 1. The van der Waals surface area contributed by atoms with Crippen LogP contribution in [0.3, 0.4) is 0 Å². The highest BCUT2D eigenvalue weighted by Crippen LogP contribution is 2.50. The lowest BCUT2D eigenvalue weighted by atomic mass is 9.82. The second kappa shape index (κ2) is 8.13. The largest absolute Gasteiger partial charge is 0.496 e. The monoisotopic (exact) mass is 438 g/mol. The predicted octanol–water partition coefficient (Wildman–Crippen LogP) is 3.97. The highest BCUT2D eigenvalue weighted by Gasteiger charge is 2.38. The number of aromatic nitrogens is 2. The minimum Gasteiger partial charge on any atom is -0.496 e. The summed E-state index contributed by atoms with van der Waals surface area (Å²) in [6.45, 7) is 0. The number of aromatic amines is 1. The van der Waals surface area contributed by atoms with E-state index in [1.807, 2.05) is 18.2 Å². The van der Waals surface area contributed by atoms with E-state index in [0.717, 1.165) is 0 Å². The van der Waals surface area contributed by atoms with Crippen molar-refractivity contribution in [1.29, 1.82) is 5.26 Å². The number of fused-ring (bicyclic) bond motifs is 1. The third kappa shape index (κ3) is 3.29. The summed E-state index contributed by atoms with van der Waals surface area (Å²) in [5.74, 6) is 1.03. The maximum atomic E-state index is 9.94. The van der Waals surface area contributed by atoms with E-state index in [1.54, 1.807) is 18.2 Å². The summed E-state index contributed by atoms with van der Waals surface area (Å²) in [5.41, 5.74) is 8.88. The number of hydrogen-bond donors (Lipinski definition) is 2.